The Balaban J connectivity index is 1.93. The molecule has 0 N–H and O–H groups in total. The quantitative estimate of drug-likeness (QED) is 0.327. The number of alkyl halides is 1. The topological polar surface area (TPSA) is 18.5 Å². The van der Waals surface area contributed by atoms with Crippen molar-refractivity contribution in [3.63, 3.8) is 0 Å². The summed E-state index contributed by atoms with van der Waals surface area (Å²) >= 11 is 2.49. The highest BCUT2D eigenvalue weighted by Crippen LogP contribution is 2.39. The van der Waals surface area contributed by atoms with Gasteiger partial charge in [0, 0.05) is 10.5 Å². The molecule has 0 spiro atoms. The number of fused-ring (bicyclic) bond motifs is 1. The first-order valence-corrected chi connectivity index (χ1v) is 7.96. The Kier molecular flexibility index (Phi) is 5.45. The number of ether oxygens (including phenoxy) is 2. The number of hydrogen-bond donors (Lipinski definition) is 0. The molecule has 3 unspecified atom stereocenters. The van der Waals surface area contributed by atoms with Crippen molar-refractivity contribution in [2.75, 3.05) is 6.61 Å². The Bertz CT molecular complexity index is 381. The molecule has 1 aliphatic carbocycles. The van der Waals surface area contributed by atoms with Crippen LogP contribution < -0.4 is 0 Å². The largest absolute Gasteiger partial charge is 0.353 e. The highest BCUT2D eigenvalue weighted by Gasteiger charge is 2.32. The van der Waals surface area contributed by atoms with Gasteiger partial charge in [0.15, 0.2) is 6.29 Å². The fourth-order valence-corrected chi connectivity index (χ4v) is 3.34. The molecule has 3 atom stereocenters. The van der Waals surface area contributed by atoms with E-state index in [1.54, 1.807) is 0 Å². The first-order chi connectivity index (χ1) is 8.72. The van der Waals surface area contributed by atoms with Gasteiger partial charge in [0.1, 0.15) is 0 Å². The summed E-state index contributed by atoms with van der Waals surface area (Å²) in [5.74, 6) is 0. The van der Waals surface area contributed by atoms with Crippen LogP contribution in [0, 0.1) is 0 Å². The molecule has 0 amide bonds. The standard InChI is InChI=1S/C15H21IO2/c1-3-4-9-17-11(2)18-15-13-8-6-5-7-12(13)10-14(15)16/h5-8,11,14-15H,3-4,9-10H2,1-2H3. The average Bonchev–Trinajstić information content (AvgIpc) is 2.67. The van der Waals surface area contributed by atoms with Crippen molar-refractivity contribution in [3.05, 3.63) is 35.4 Å². The second kappa shape index (κ2) is 6.87. The summed E-state index contributed by atoms with van der Waals surface area (Å²) in [6, 6.07) is 8.57. The lowest BCUT2D eigenvalue weighted by molar-refractivity contribution is -0.159. The van der Waals surface area contributed by atoms with Crippen molar-refractivity contribution in [2.24, 2.45) is 0 Å². The van der Waals surface area contributed by atoms with Gasteiger partial charge in [-0.25, -0.2) is 0 Å². The normalized spacial score (nSPS) is 23.9. The van der Waals surface area contributed by atoms with E-state index >= 15 is 0 Å². The van der Waals surface area contributed by atoms with Crippen LogP contribution in [0.5, 0.6) is 0 Å². The molecule has 0 saturated heterocycles. The Hall–Kier alpha value is -0.130. The predicted octanol–water partition coefficient (Wildman–Crippen LogP) is 4.27. The van der Waals surface area contributed by atoms with E-state index in [4.69, 9.17) is 9.47 Å². The highest BCUT2D eigenvalue weighted by molar-refractivity contribution is 14.1. The molecule has 1 aliphatic rings. The molecule has 1 aromatic carbocycles. The molecule has 0 saturated carbocycles. The maximum absolute atomic E-state index is 6.07. The van der Waals surface area contributed by atoms with Crippen LogP contribution in [0.25, 0.3) is 0 Å². The van der Waals surface area contributed by atoms with Gasteiger partial charge in [0.25, 0.3) is 0 Å². The lowest BCUT2D eigenvalue weighted by Crippen LogP contribution is -2.20. The summed E-state index contributed by atoms with van der Waals surface area (Å²) in [7, 11) is 0. The van der Waals surface area contributed by atoms with E-state index < -0.39 is 0 Å². The van der Waals surface area contributed by atoms with Crippen LogP contribution in [0.1, 0.15) is 43.9 Å². The molecule has 1 aromatic rings. The minimum atomic E-state index is -0.120. The van der Waals surface area contributed by atoms with E-state index in [0.29, 0.717) is 3.92 Å². The van der Waals surface area contributed by atoms with Crippen LogP contribution in [0.15, 0.2) is 24.3 Å². The van der Waals surface area contributed by atoms with Crippen LogP contribution >= 0.6 is 22.6 Å². The third kappa shape index (κ3) is 3.45. The van der Waals surface area contributed by atoms with Gasteiger partial charge >= 0.3 is 0 Å². The van der Waals surface area contributed by atoms with Crippen molar-refractivity contribution in [2.45, 2.75) is 49.4 Å². The van der Waals surface area contributed by atoms with E-state index in [1.165, 1.54) is 11.1 Å². The molecular weight excluding hydrogens is 339 g/mol. The SMILES string of the molecule is CCCCOC(C)OC1c2ccccc2CC1I. The highest BCUT2D eigenvalue weighted by atomic mass is 127. The summed E-state index contributed by atoms with van der Waals surface area (Å²) in [4.78, 5) is 0. The number of halogens is 1. The maximum atomic E-state index is 6.07. The Labute approximate surface area is 123 Å². The number of unbranched alkanes of at least 4 members (excludes halogenated alkanes) is 1. The Morgan fingerprint density at radius 1 is 1.39 bits per heavy atom. The third-order valence-corrected chi connectivity index (χ3v) is 4.39. The lowest BCUT2D eigenvalue weighted by Gasteiger charge is -2.22. The van der Waals surface area contributed by atoms with Gasteiger partial charge < -0.3 is 9.47 Å². The van der Waals surface area contributed by atoms with Crippen LogP contribution in [0.4, 0.5) is 0 Å². The molecule has 3 heteroatoms. The van der Waals surface area contributed by atoms with Gasteiger partial charge in [-0.05, 0) is 30.9 Å². The predicted molar refractivity (Wildman–Crippen MR) is 82.1 cm³/mol. The fourth-order valence-electron chi connectivity index (χ4n) is 2.31. The van der Waals surface area contributed by atoms with Gasteiger partial charge in [-0.2, -0.15) is 0 Å². The van der Waals surface area contributed by atoms with Crippen LogP contribution in [0.2, 0.25) is 0 Å². The molecule has 18 heavy (non-hydrogen) atoms. The molecule has 0 aliphatic heterocycles. The van der Waals surface area contributed by atoms with Crippen molar-refractivity contribution >= 4 is 22.6 Å². The fraction of sp³-hybridized carbons (Fsp3) is 0.600. The minimum absolute atomic E-state index is 0.120. The summed E-state index contributed by atoms with van der Waals surface area (Å²) < 4.78 is 12.3. The van der Waals surface area contributed by atoms with E-state index in [9.17, 15) is 0 Å². The maximum Gasteiger partial charge on any atom is 0.155 e. The van der Waals surface area contributed by atoms with Gasteiger partial charge in [0.2, 0.25) is 0 Å². The smallest absolute Gasteiger partial charge is 0.155 e. The number of hydrogen-bond acceptors (Lipinski definition) is 2. The molecule has 2 nitrogen and oxygen atoms in total. The van der Waals surface area contributed by atoms with Gasteiger partial charge in [0.05, 0.1) is 6.10 Å². The van der Waals surface area contributed by atoms with Gasteiger partial charge in [-0.1, -0.05) is 60.2 Å². The van der Waals surface area contributed by atoms with Gasteiger partial charge in [-0.3, -0.25) is 0 Å². The molecule has 0 heterocycles. The van der Waals surface area contributed by atoms with Crippen molar-refractivity contribution in [1.29, 1.82) is 0 Å². The molecule has 2 rings (SSSR count). The zero-order valence-electron chi connectivity index (χ0n) is 11.1. The van der Waals surface area contributed by atoms with Crippen molar-refractivity contribution in [1.82, 2.24) is 0 Å². The molecule has 100 valence electrons. The zero-order chi connectivity index (χ0) is 13.0. The molecule has 0 aromatic heterocycles. The summed E-state index contributed by atoms with van der Waals surface area (Å²) in [5.41, 5.74) is 2.76. The second-order valence-corrected chi connectivity index (χ2v) is 6.37. The summed E-state index contributed by atoms with van der Waals surface area (Å²) in [6.07, 6.45) is 3.42. The zero-order valence-corrected chi connectivity index (χ0v) is 13.2. The first-order valence-electron chi connectivity index (χ1n) is 6.71. The van der Waals surface area contributed by atoms with E-state index in [-0.39, 0.29) is 12.4 Å². The van der Waals surface area contributed by atoms with Gasteiger partial charge in [-0.15, -0.1) is 0 Å². The molecule has 0 bridgehead atoms. The van der Waals surface area contributed by atoms with Crippen LogP contribution in [-0.2, 0) is 15.9 Å². The van der Waals surface area contributed by atoms with E-state index in [2.05, 4.69) is 53.8 Å². The van der Waals surface area contributed by atoms with Crippen LogP contribution in [0.3, 0.4) is 0 Å². The summed E-state index contributed by atoms with van der Waals surface area (Å²) in [6.45, 7) is 4.96. The van der Waals surface area contributed by atoms with Crippen LogP contribution in [-0.4, -0.2) is 16.8 Å². The number of benzene rings is 1. The lowest BCUT2D eigenvalue weighted by atomic mass is 10.1. The molecule has 0 fully saturated rings. The second-order valence-electron chi connectivity index (χ2n) is 4.77. The Morgan fingerprint density at radius 2 is 2.17 bits per heavy atom. The molecule has 0 radical (unpaired) electrons. The Morgan fingerprint density at radius 3 is 2.94 bits per heavy atom. The summed E-state index contributed by atoms with van der Waals surface area (Å²) in [5, 5.41) is 0. The molecular formula is C15H21IO2. The minimum Gasteiger partial charge on any atom is -0.353 e. The monoisotopic (exact) mass is 360 g/mol. The average molecular weight is 360 g/mol. The third-order valence-electron chi connectivity index (χ3n) is 3.29. The van der Waals surface area contributed by atoms with E-state index in [0.717, 1.165) is 25.9 Å². The van der Waals surface area contributed by atoms with Crippen molar-refractivity contribution in [3.8, 4) is 0 Å². The van der Waals surface area contributed by atoms with E-state index in [1.807, 2.05) is 6.92 Å². The number of rotatable bonds is 6. The first kappa shape index (κ1) is 14.3. The van der Waals surface area contributed by atoms with Crippen molar-refractivity contribution < 1.29 is 9.47 Å².